The molecule has 0 aliphatic rings. The lowest BCUT2D eigenvalue weighted by atomic mass is 10.1. The van der Waals surface area contributed by atoms with E-state index in [1.807, 2.05) is 19.1 Å². The fraction of sp³-hybridized carbons (Fsp3) is 0.391. The lowest BCUT2D eigenvalue weighted by Crippen LogP contribution is -2.50. The van der Waals surface area contributed by atoms with Gasteiger partial charge in [-0.3, -0.25) is 13.9 Å². The van der Waals surface area contributed by atoms with Crippen molar-refractivity contribution in [3.8, 4) is 5.75 Å². The van der Waals surface area contributed by atoms with E-state index in [9.17, 15) is 18.0 Å². The van der Waals surface area contributed by atoms with Gasteiger partial charge in [-0.2, -0.15) is 0 Å². The van der Waals surface area contributed by atoms with E-state index in [0.717, 1.165) is 28.1 Å². The maximum Gasteiger partial charge on any atom is 0.244 e. The minimum absolute atomic E-state index is 0.143. The Morgan fingerprint density at radius 2 is 1.59 bits per heavy atom. The molecule has 2 aromatic rings. The Morgan fingerprint density at radius 3 is 2.06 bits per heavy atom. The number of benzene rings is 2. The first-order valence-electron chi connectivity index (χ1n) is 10.3. The number of hydrogen-bond acceptors (Lipinski definition) is 5. The predicted molar refractivity (Wildman–Crippen MR) is 125 cm³/mol. The van der Waals surface area contributed by atoms with Gasteiger partial charge in [-0.25, -0.2) is 8.42 Å². The maximum absolute atomic E-state index is 13.3. The maximum atomic E-state index is 13.3. The summed E-state index contributed by atoms with van der Waals surface area (Å²) in [5.74, 6) is -0.156. The zero-order chi connectivity index (χ0) is 23.9. The molecule has 8 nitrogen and oxygen atoms in total. The number of sulfonamides is 1. The molecule has 1 N–H and O–H groups in total. The molecule has 2 aromatic carbocycles. The minimum atomic E-state index is -3.73. The lowest BCUT2D eigenvalue weighted by Gasteiger charge is -2.31. The number of amides is 2. The third kappa shape index (κ3) is 6.46. The van der Waals surface area contributed by atoms with Crippen molar-refractivity contribution in [2.24, 2.45) is 0 Å². The van der Waals surface area contributed by atoms with Crippen LogP contribution in [0.3, 0.4) is 0 Å². The van der Waals surface area contributed by atoms with Crippen molar-refractivity contribution in [3.05, 3.63) is 59.7 Å². The summed E-state index contributed by atoms with van der Waals surface area (Å²) in [5, 5.41) is 2.55. The van der Waals surface area contributed by atoms with Crippen LogP contribution in [0.4, 0.5) is 5.69 Å². The number of likely N-dealkylation sites (N-methyl/N-ethyl adjacent to an activating group) is 1. The first-order chi connectivity index (χ1) is 15.1. The molecular weight excluding hydrogens is 430 g/mol. The van der Waals surface area contributed by atoms with E-state index in [2.05, 4.69) is 5.32 Å². The van der Waals surface area contributed by atoms with Gasteiger partial charge in [0.25, 0.3) is 0 Å². The SMILES string of the molecule is CCc1ccc(N(CC(=O)N(Cc2ccc(OC)cc2)C(C)C(=O)NC)S(C)(=O)=O)cc1. The van der Waals surface area contributed by atoms with Gasteiger partial charge in [-0.05, 0) is 48.7 Å². The van der Waals surface area contributed by atoms with Gasteiger partial charge < -0.3 is 15.0 Å². The second-order valence-electron chi connectivity index (χ2n) is 7.45. The third-order valence-electron chi connectivity index (χ3n) is 5.24. The van der Waals surface area contributed by atoms with Crippen LogP contribution in [0.1, 0.15) is 25.0 Å². The zero-order valence-corrected chi connectivity index (χ0v) is 20.0. The van der Waals surface area contributed by atoms with Crippen molar-refractivity contribution in [1.29, 1.82) is 0 Å². The Kier molecular flexibility index (Phi) is 8.65. The second kappa shape index (κ2) is 11.0. The van der Waals surface area contributed by atoms with E-state index in [1.54, 1.807) is 50.4 Å². The standard InChI is InChI=1S/C23H31N3O5S/c1-6-18-7-11-20(12-8-18)26(32(5,29)30)16-22(27)25(17(2)23(28)24-3)15-19-9-13-21(31-4)14-10-19/h7-14,17H,6,15-16H2,1-5H3,(H,24,28). The van der Waals surface area contributed by atoms with Crippen LogP contribution in [0.5, 0.6) is 5.75 Å². The smallest absolute Gasteiger partial charge is 0.244 e. The summed E-state index contributed by atoms with van der Waals surface area (Å²) < 4.78 is 31.2. The van der Waals surface area contributed by atoms with E-state index in [0.29, 0.717) is 11.4 Å². The van der Waals surface area contributed by atoms with Crippen LogP contribution in [0.25, 0.3) is 0 Å². The fourth-order valence-corrected chi connectivity index (χ4v) is 4.08. The van der Waals surface area contributed by atoms with Crippen molar-refractivity contribution in [2.75, 3.05) is 31.3 Å². The molecule has 0 aliphatic heterocycles. The van der Waals surface area contributed by atoms with Crippen LogP contribution in [0, 0.1) is 0 Å². The lowest BCUT2D eigenvalue weighted by molar-refractivity contribution is -0.139. The molecule has 0 saturated carbocycles. The number of nitrogens with zero attached hydrogens (tertiary/aromatic N) is 2. The Balaban J connectivity index is 2.34. The molecule has 0 aliphatic carbocycles. The van der Waals surface area contributed by atoms with Crippen LogP contribution < -0.4 is 14.4 Å². The topological polar surface area (TPSA) is 96.0 Å². The third-order valence-corrected chi connectivity index (χ3v) is 6.38. The van der Waals surface area contributed by atoms with Gasteiger partial charge in [0, 0.05) is 13.6 Å². The van der Waals surface area contributed by atoms with Gasteiger partial charge in [0.15, 0.2) is 0 Å². The van der Waals surface area contributed by atoms with E-state index >= 15 is 0 Å². The molecule has 2 rings (SSSR count). The first kappa shape index (κ1) is 25.2. The Hall–Kier alpha value is -3.07. The normalized spacial score (nSPS) is 12.0. The molecule has 0 aromatic heterocycles. The number of rotatable bonds is 10. The molecule has 0 spiro atoms. The van der Waals surface area contributed by atoms with Gasteiger partial charge in [-0.1, -0.05) is 31.2 Å². The van der Waals surface area contributed by atoms with Crippen LogP contribution >= 0.6 is 0 Å². The second-order valence-corrected chi connectivity index (χ2v) is 9.36. The van der Waals surface area contributed by atoms with Crippen LogP contribution in [-0.4, -0.2) is 58.1 Å². The molecule has 32 heavy (non-hydrogen) atoms. The molecular formula is C23H31N3O5S. The number of ether oxygens (including phenoxy) is 1. The van der Waals surface area contributed by atoms with E-state index in [-0.39, 0.29) is 12.5 Å². The molecule has 2 amide bonds. The molecule has 9 heteroatoms. The molecule has 0 fully saturated rings. The van der Waals surface area contributed by atoms with E-state index < -0.39 is 28.5 Å². The molecule has 1 atom stereocenters. The first-order valence-corrected chi connectivity index (χ1v) is 12.2. The van der Waals surface area contributed by atoms with Crippen molar-refractivity contribution >= 4 is 27.5 Å². The number of nitrogens with one attached hydrogen (secondary N) is 1. The van der Waals surface area contributed by atoms with E-state index in [1.165, 1.54) is 11.9 Å². The number of anilines is 1. The van der Waals surface area contributed by atoms with Crippen molar-refractivity contribution in [1.82, 2.24) is 10.2 Å². The quantitative estimate of drug-likeness (QED) is 0.585. The minimum Gasteiger partial charge on any atom is -0.497 e. The summed E-state index contributed by atoms with van der Waals surface area (Å²) in [6.07, 6.45) is 1.88. The Morgan fingerprint density at radius 1 is 1.03 bits per heavy atom. The Bertz CT molecular complexity index is 1020. The number of aryl methyl sites for hydroxylation is 1. The molecule has 0 radical (unpaired) electrons. The van der Waals surface area contributed by atoms with Gasteiger partial charge >= 0.3 is 0 Å². The molecule has 0 bridgehead atoms. The monoisotopic (exact) mass is 461 g/mol. The highest BCUT2D eigenvalue weighted by molar-refractivity contribution is 7.92. The highest BCUT2D eigenvalue weighted by atomic mass is 32.2. The summed E-state index contributed by atoms with van der Waals surface area (Å²) in [6, 6.07) is 13.4. The summed E-state index contributed by atoms with van der Waals surface area (Å²) in [7, 11) is -0.677. The van der Waals surface area contributed by atoms with Crippen molar-refractivity contribution < 1.29 is 22.7 Å². The molecule has 0 heterocycles. The zero-order valence-electron chi connectivity index (χ0n) is 19.2. The number of methoxy groups -OCH3 is 1. The predicted octanol–water partition coefficient (Wildman–Crippen LogP) is 2.19. The van der Waals surface area contributed by atoms with Gasteiger partial charge in [-0.15, -0.1) is 0 Å². The highest BCUT2D eigenvalue weighted by Crippen LogP contribution is 2.20. The number of carbonyl (C=O) groups excluding carboxylic acids is 2. The number of hydrogen-bond donors (Lipinski definition) is 1. The molecule has 0 saturated heterocycles. The average Bonchev–Trinajstić information content (AvgIpc) is 2.79. The summed E-state index contributed by atoms with van der Waals surface area (Å²) in [5.41, 5.74) is 2.24. The van der Waals surface area contributed by atoms with Crippen LogP contribution in [0.15, 0.2) is 48.5 Å². The number of carbonyl (C=O) groups is 2. The average molecular weight is 462 g/mol. The Labute approximate surface area is 190 Å². The van der Waals surface area contributed by atoms with E-state index in [4.69, 9.17) is 4.74 Å². The van der Waals surface area contributed by atoms with Gasteiger partial charge in [0.1, 0.15) is 18.3 Å². The molecule has 1 unspecified atom stereocenters. The van der Waals surface area contributed by atoms with Gasteiger partial charge in [0.05, 0.1) is 19.1 Å². The highest BCUT2D eigenvalue weighted by Gasteiger charge is 2.29. The summed E-state index contributed by atoms with van der Waals surface area (Å²) >= 11 is 0. The largest absolute Gasteiger partial charge is 0.497 e. The van der Waals surface area contributed by atoms with Crippen LogP contribution in [-0.2, 0) is 32.6 Å². The van der Waals surface area contributed by atoms with Gasteiger partial charge in [0.2, 0.25) is 21.8 Å². The molecule has 174 valence electrons. The van der Waals surface area contributed by atoms with Crippen molar-refractivity contribution in [3.63, 3.8) is 0 Å². The van der Waals surface area contributed by atoms with Crippen molar-refractivity contribution in [2.45, 2.75) is 32.9 Å². The summed E-state index contributed by atoms with van der Waals surface area (Å²) in [4.78, 5) is 27.0. The van der Waals surface area contributed by atoms with Crippen LogP contribution in [0.2, 0.25) is 0 Å². The fourth-order valence-electron chi connectivity index (χ4n) is 3.23. The summed E-state index contributed by atoms with van der Waals surface area (Å²) in [6.45, 7) is 3.34.